The quantitative estimate of drug-likeness (QED) is 0.674. The van der Waals surface area contributed by atoms with Crippen LogP contribution in [0.25, 0.3) is 11.6 Å². The first-order valence-electron chi connectivity index (χ1n) is 8.23. The van der Waals surface area contributed by atoms with Crippen molar-refractivity contribution >= 4 is 10.0 Å². The zero-order chi connectivity index (χ0) is 18.0. The molecule has 1 aromatic carbocycles. The SMILES string of the molecule is O=S(=O)(Cc1ccccc1)N1CCC(c2noc(-c3cnccn3)n2)C1. The third-order valence-electron chi connectivity index (χ3n) is 4.33. The molecule has 4 rings (SSSR count). The van der Waals surface area contributed by atoms with E-state index in [1.807, 2.05) is 30.3 Å². The Kier molecular flexibility index (Phi) is 4.48. The molecule has 1 saturated heterocycles. The summed E-state index contributed by atoms with van der Waals surface area (Å²) >= 11 is 0. The standard InChI is InChI=1S/C17H17N5O3S/c23-26(24,12-13-4-2-1-3-5-13)22-9-6-14(11-22)16-20-17(25-21-16)15-10-18-7-8-19-15/h1-5,7-8,10,14H,6,9,11-12H2. The fourth-order valence-corrected chi connectivity index (χ4v) is 4.57. The summed E-state index contributed by atoms with van der Waals surface area (Å²) in [5.41, 5.74) is 1.28. The Bertz CT molecular complexity index is 976. The lowest BCUT2D eigenvalue weighted by molar-refractivity contribution is 0.413. The van der Waals surface area contributed by atoms with Gasteiger partial charge in [0.15, 0.2) is 5.82 Å². The lowest BCUT2D eigenvalue weighted by Crippen LogP contribution is -2.29. The van der Waals surface area contributed by atoms with E-state index < -0.39 is 10.0 Å². The van der Waals surface area contributed by atoms with Gasteiger partial charge in [0, 0.05) is 31.4 Å². The minimum absolute atomic E-state index is 0.00232. The van der Waals surface area contributed by atoms with E-state index in [0.29, 0.717) is 36.9 Å². The summed E-state index contributed by atoms with van der Waals surface area (Å²) in [4.78, 5) is 12.5. The molecule has 0 radical (unpaired) electrons. The minimum Gasteiger partial charge on any atom is -0.332 e. The maximum Gasteiger partial charge on any atom is 0.278 e. The Balaban J connectivity index is 1.46. The van der Waals surface area contributed by atoms with E-state index in [4.69, 9.17) is 4.52 Å². The van der Waals surface area contributed by atoms with E-state index in [0.717, 1.165) is 5.56 Å². The van der Waals surface area contributed by atoms with Crippen molar-refractivity contribution in [1.82, 2.24) is 24.4 Å². The summed E-state index contributed by atoms with van der Waals surface area (Å²) in [7, 11) is -3.37. The summed E-state index contributed by atoms with van der Waals surface area (Å²) in [6.45, 7) is 0.809. The predicted molar refractivity (Wildman–Crippen MR) is 93.3 cm³/mol. The summed E-state index contributed by atoms with van der Waals surface area (Å²) < 4.78 is 32.0. The molecule has 9 heteroatoms. The minimum atomic E-state index is -3.37. The van der Waals surface area contributed by atoms with Gasteiger partial charge in [-0.05, 0) is 12.0 Å². The number of rotatable bonds is 5. The first-order chi connectivity index (χ1) is 12.6. The monoisotopic (exact) mass is 371 g/mol. The van der Waals surface area contributed by atoms with Crippen LogP contribution in [0.1, 0.15) is 23.7 Å². The van der Waals surface area contributed by atoms with Crippen LogP contribution in [0.2, 0.25) is 0 Å². The number of hydrogen-bond donors (Lipinski definition) is 0. The van der Waals surface area contributed by atoms with Crippen LogP contribution in [0.4, 0.5) is 0 Å². The van der Waals surface area contributed by atoms with Crippen LogP contribution in [0.3, 0.4) is 0 Å². The van der Waals surface area contributed by atoms with E-state index in [1.54, 1.807) is 18.6 Å². The lowest BCUT2D eigenvalue weighted by atomic mass is 10.1. The van der Waals surface area contributed by atoms with E-state index in [2.05, 4.69) is 20.1 Å². The van der Waals surface area contributed by atoms with Crippen molar-refractivity contribution in [3.63, 3.8) is 0 Å². The third-order valence-corrected chi connectivity index (χ3v) is 6.14. The molecular formula is C17H17N5O3S. The third kappa shape index (κ3) is 3.49. The lowest BCUT2D eigenvalue weighted by Gasteiger charge is -2.16. The van der Waals surface area contributed by atoms with Gasteiger partial charge in [-0.1, -0.05) is 35.5 Å². The van der Waals surface area contributed by atoms with Gasteiger partial charge in [-0.15, -0.1) is 0 Å². The molecule has 134 valence electrons. The zero-order valence-corrected chi connectivity index (χ0v) is 14.7. The highest BCUT2D eigenvalue weighted by molar-refractivity contribution is 7.88. The summed E-state index contributed by atoms with van der Waals surface area (Å²) in [6, 6.07) is 9.18. The fourth-order valence-electron chi connectivity index (χ4n) is 2.98. The highest BCUT2D eigenvalue weighted by Crippen LogP contribution is 2.29. The Morgan fingerprint density at radius 2 is 2.04 bits per heavy atom. The van der Waals surface area contributed by atoms with Crippen LogP contribution in [0.15, 0.2) is 53.4 Å². The van der Waals surface area contributed by atoms with Gasteiger partial charge < -0.3 is 4.52 Å². The molecule has 3 aromatic rings. The molecule has 26 heavy (non-hydrogen) atoms. The molecule has 1 atom stereocenters. The second kappa shape index (κ2) is 6.93. The topological polar surface area (TPSA) is 102 Å². The van der Waals surface area contributed by atoms with Gasteiger partial charge in [-0.25, -0.2) is 17.7 Å². The van der Waals surface area contributed by atoms with Crippen LogP contribution in [0, 0.1) is 0 Å². The van der Waals surface area contributed by atoms with Gasteiger partial charge in [0.1, 0.15) is 5.69 Å². The van der Waals surface area contributed by atoms with Crippen molar-refractivity contribution in [3.8, 4) is 11.6 Å². The molecule has 0 amide bonds. The fraction of sp³-hybridized carbons (Fsp3) is 0.294. The Hall–Kier alpha value is -2.65. The average Bonchev–Trinajstić information content (AvgIpc) is 3.33. The molecule has 0 spiro atoms. The number of benzene rings is 1. The summed E-state index contributed by atoms with van der Waals surface area (Å²) in [5.74, 6) is 0.703. The number of nitrogens with zero attached hydrogens (tertiary/aromatic N) is 5. The van der Waals surface area contributed by atoms with Crippen LogP contribution in [0.5, 0.6) is 0 Å². The molecule has 1 fully saturated rings. The first-order valence-corrected chi connectivity index (χ1v) is 9.84. The summed E-state index contributed by atoms with van der Waals surface area (Å²) in [5, 5.41) is 4.00. The predicted octanol–water partition coefficient (Wildman–Crippen LogP) is 1.85. The molecule has 8 nitrogen and oxygen atoms in total. The molecule has 1 aliphatic rings. The maximum atomic E-state index is 12.6. The van der Waals surface area contributed by atoms with Gasteiger partial charge in [0.05, 0.1) is 11.9 Å². The van der Waals surface area contributed by atoms with Gasteiger partial charge in [-0.2, -0.15) is 4.98 Å². The van der Waals surface area contributed by atoms with E-state index >= 15 is 0 Å². The first kappa shape index (κ1) is 16.8. The Morgan fingerprint density at radius 3 is 2.81 bits per heavy atom. The summed E-state index contributed by atoms with van der Waals surface area (Å²) in [6.07, 6.45) is 5.32. The molecule has 0 N–H and O–H groups in total. The van der Waals surface area contributed by atoms with E-state index in [1.165, 1.54) is 4.31 Å². The molecule has 1 unspecified atom stereocenters. The smallest absolute Gasteiger partial charge is 0.278 e. The number of hydrogen-bond acceptors (Lipinski definition) is 7. The highest BCUT2D eigenvalue weighted by Gasteiger charge is 2.34. The number of aromatic nitrogens is 4. The normalized spacial score (nSPS) is 18.2. The second-order valence-corrected chi connectivity index (χ2v) is 8.10. The molecule has 1 aliphatic heterocycles. The zero-order valence-electron chi connectivity index (χ0n) is 13.9. The van der Waals surface area contributed by atoms with Crippen molar-refractivity contribution in [3.05, 3.63) is 60.3 Å². The highest BCUT2D eigenvalue weighted by atomic mass is 32.2. The maximum absolute atomic E-state index is 12.6. The van der Waals surface area contributed by atoms with Crippen molar-refractivity contribution in [1.29, 1.82) is 0 Å². The molecular weight excluding hydrogens is 354 g/mol. The van der Waals surface area contributed by atoms with Gasteiger partial charge in [0.2, 0.25) is 10.0 Å². The van der Waals surface area contributed by atoms with Crippen LogP contribution >= 0.6 is 0 Å². The van der Waals surface area contributed by atoms with Crippen LogP contribution in [-0.4, -0.2) is 45.9 Å². The van der Waals surface area contributed by atoms with Gasteiger partial charge >= 0.3 is 0 Å². The van der Waals surface area contributed by atoms with Crippen molar-refractivity contribution in [2.75, 3.05) is 13.1 Å². The van der Waals surface area contributed by atoms with Crippen molar-refractivity contribution in [2.45, 2.75) is 18.1 Å². The molecule has 2 aromatic heterocycles. The molecule has 3 heterocycles. The van der Waals surface area contributed by atoms with Crippen LogP contribution in [-0.2, 0) is 15.8 Å². The average molecular weight is 371 g/mol. The van der Waals surface area contributed by atoms with Crippen LogP contribution < -0.4 is 0 Å². The Labute approximate surface area is 151 Å². The van der Waals surface area contributed by atoms with Gasteiger partial charge in [-0.3, -0.25) is 4.98 Å². The second-order valence-electron chi connectivity index (χ2n) is 6.13. The molecule has 0 saturated carbocycles. The van der Waals surface area contributed by atoms with Crippen molar-refractivity contribution in [2.24, 2.45) is 0 Å². The van der Waals surface area contributed by atoms with Crippen molar-refractivity contribution < 1.29 is 12.9 Å². The van der Waals surface area contributed by atoms with E-state index in [9.17, 15) is 8.42 Å². The van der Waals surface area contributed by atoms with Gasteiger partial charge in [0.25, 0.3) is 5.89 Å². The number of sulfonamides is 1. The Morgan fingerprint density at radius 1 is 1.19 bits per heavy atom. The largest absolute Gasteiger partial charge is 0.332 e. The molecule has 0 aliphatic carbocycles. The molecule has 0 bridgehead atoms. The van der Waals surface area contributed by atoms with E-state index in [-0.39, 0.29) is 11.7 Å².